The van der Waals surface area contributed by atoms with Gasteiger partial charge in [0.05, 0.1) is 24.5 Å². The molecule has 4 aromatic carbocycles. The molecular formula is C56H59N6O5Si+. The number of nitrogen functional groups attached to an aromatic ring is 1. The predicted octanol–water partition coefficient (Wildman–Crippen LogP) is 8.29. The van der Waals surface area contributed by atoms with Crippen LogP contribution in [0.2, 0.25) is 13.1 Å². The Morgan fingerprint density at radius 3 is 2.07 bits per heavy atom. The number of hydrogen-bond acceptors (Lipinski definition) is 8. The third-order valence-corrected chi connectivity index (χ3v) is 17.5. The highest BCUT2D eigenvalue weighted by Crippen LogP contribution is 2.44. The van der Waals surface area contributed by atoms with E-state index in [-0.39, 0.29) is 29.5 Å². The van der Waals surface area contributed by atoms with Crippen molar-refractivity contribution in [1.29, 1.82) is 0 Å². The van der Waals surface area contributed by atoms with E-state index in [1.54, 1.807) is 12.1 Å². The summed E-state index contributed by atoms with van der Waals surface area (Å²) < 4.78 is 13.8. The van der Waals surface area contributed by atoms with Crippen LogP contribution in [0.1, 0.15) is 73.4 Å². The summed E-state index contributed by atoms with van der Waals surface area (Å²) in [5.41, 5.74) is 18.9. The summed E-state index contributed by atoms with van der Waals surface area (Å²) in [7, 11) is 8.98. The number of anilines is 2. The number of benzene rings is 5. The topological polar surface area (TPSA) is 142 Å². The lowest BCUT2D eigenvalue weighted by Gasteiger charge is -2.38. The molecule has 1 saturated carbocycles. The number of aliphatic imine (C=N–C) groups is 1. The summed E-state index contributed by atoms with van der Waals surface area (Å²) in [6.07, 6.45) is 9.32. The number of carbonyl (C=O) groups is 3. The van der Waals surface area contributed by atoms with Crippen LogP contribution in [0.25, 0.3) is 39.0 Å². The molecule has 3 aliphatic carbocycles. The van der Waals surface area contributed by atoms with E-state index in [2.05, 4.69) is 72.1 Å². The Bertz CT molecular complexity index is 3250. The van der Waals surface area contributed by atoms with E-state index >= 15 is 0 Å². The lowest BCUT2D eigenvalue weighted by Crippen LogP contribution is -2.49. The molecule has 346 valence electrons. The van der Waals surface area contributed by atoms with Gasteiger partial charge in [-0.2, -0.15) is 0 Å². The first-order valence-corrected chi connectivity index (χ1v) is 26.2. The van der Waals surface area contributed by atoms with Gasteiger partial charge in [-0.05, 0) is 143 Å². The molecule has 4 N–H and O–H groups in total. The monoisotopic (exact) mass is 923 g/mol. The molecule has 4 aromatic rings. The summed E-state index contributed by atoms with van der Waals surface area (Å²) in [5.74, 6) is -0.269. The maximum atomic E-state index is 13.9. The Hall–Kier alpha value is -7.31. The second kappa shape index (κ2) is 18.1. The van der Waals surface area contributed by atoms with Crippen LogP contribution < -0.4 is 36.4 Å². The van der Waals surface area contributed by atoms with Crippen molar-refractivity contribution in [2.24, 2.45) is 4.99 Å². The van der Waals surface area contributed by atoms with Crippen LogP contribution in [0.15, 0.2) is 129 Å². The fourth-order valence-corrected chi connectivity index (χ4v) is 13.3. The van der Waals surface area contributed by atoms with Crippen molar-refractivity contribution in [3.8, 4) is 22.5 Å². The van der Waals surface area contributed by atoms with E-state index in [4.69, 9.17) is 14.9 Å². The number of rotatable bonds is 8. The zero-order chi connectivity index (χ0) is 48.2. The lowest BCUT2D eigenvalue weighted by molar-refractivity contribution is 0.0601. The van der Waals surface area contributed by atoms with Crippen LogP contribution in [0.4, 0.5) is 11.4 Å². The largest absolute Gasteiger partial charge is 0.465 e. The number of nitrogens with two attached hydrogens (primary N) is 1. The van der Waals surface area contributed by atoms with Gasteiger partial charge >= 0.3 is 5.97 Å². The summed E-state index contributed by atoms with van der Waals surface area (Å²) in [5, 5.41) is 10.9. The minimum absolute atomic E-state index is 0.0343. The quantitative estimate of drug-likeness (QED) is 0.0459. The second-order valence-corrected chi connectivity index (χ2v) is 23.5. The lowest BCUT2D eigenvalue weighted by atomic mass is 9.87. The zero-order valence-corrected chi connectivity index (χ0v) is 41.3. The normalized spacial score (nSPS) is 17.9. The average Bonchev–Trinajstić information content (AvgIpc) is 3.33. The number of nitrogens with zero attached hydrogens (tertiary/aromatic N) is 3. The van der Waals surface area contributed by atoms with Gasteiger partial charge in [0.1, 0.15) is 33.5 Å². The molecule has 12 heteroatoms. The average molecular weight is 924 g/mol. The molecule has 0 atom stereocenters. The minimum atomic E-state index is -2.10. The first kappa shape index (κ1) is 45.8. The number of methoxy groups -OCH3 is 1. The van der Waals surface area contributed by atoms with Crippen molar-refractivity contribution in [3.63, 3.8) is 0 Å². The van der Waals surface area contributed by atoms with Crippen LogP contribution in [0, 0.1) is 6.92 Å². The van der Waals surface area contributed by atoms with Gasteiger partial charge in [0.2, 0.25) is 5.36 Å². The fourth-order valence-electron chi connectivity index (χ4n) is 10.2. The molecule has 0 saturated heterocycles. The number of amides is 2. The number of ether oxygens (including phenoxy) is 1. The first-order chi connectivity index (χ1) is 32.6. The highest BCUT2D eigenvalue weighted by atomic mass is 28.3. The van der Waals surface area contributed by atoms with Crippen molar-refractivity contribution in [2.75, 3.05) is 53.0 Å². The summed E-state index contributed by atoms with van der Waals surface area (Å²) >= 11 is 0. The number of nitrogens with one attached hydrogen (secondary N) is 2. The van der Waals surface area contributed by atoms with E-state index < -0.39 is 14.0 Å². The smallest absolute Gasteiger partial charge is 0.338 e. The minimum Gasteiger partial charge on any atom is -0.465 e. The Kier molecular flexibility index (Phi) is 12.2. The molecule has 0 radical (unpaired) electrons. The highest BCUT2D eigenvalue weighted by molar-refractivity contribution is 6.98. The molecule has 1 fully saturated rings. The van der Waals surface area contributed by atoms with Crippen molar-refractivity contribution < 1.29 is 23.5 Å². The molecule has 0 spiro atoms. The maximum absolute atomic E-state index is 13.9. The van der Waals surface area contributed by atoms with Crippen LogP contribution >= 0.6 is 0 Å². The van der Waals surface area contributed by atoms with Crippen molar-refractivity contribution in [2.45, 2.75) is 57.8 Å². The van der Waals surface area contributed by atoms with Crippen LogP contribution in [-0.4, -0.2) is 86.0 Å². The molecule has 2 amide bonds. The van der Waals surface area contributed by atoms with Crippen LogP contribution in [0.5, 0.6) is 0 Å². The third kappa shape index (κ3) is 8.38. The van der Waals surface area contributed by atoms with Gasteiger partial charge in [-0.3, -0.25) is 14.6 Å². The summed E-state index contributed by atoms with van der Waals surface area (Å²) in [4.78, 5) is 47.8. The SMILES string of the molecule is CN=C1C=CC2=C(c3ccc(C(=O)NC4CCC(NC(=O)c5ccc(-c6c7ccc(=[N+](C)C)cc-7oc7cc(N(C)C)ccc67)c(C(=O)OC)c5)CC4)cc3C)c3ccc(N)cc3[Si](C)(C)C2=C1. The standard InChI is InChI=1S/C56H58N6O5Si/c1-32-26-33(10-20-41(32)52-45-22-12-35(57)28-50(45)68(8,9)51-29-38(58-2)17-23-46(51)52)54(63)59-36-13-15-37(16-14-36)60-55(64)34-11-21-42(47(27-34)56(65)66-7)53-43-24-18-39(61(3)4)30-48(43)67-49-31-40(62(5)6)19-25-44(49)53/h10-12,17-31,36-37H,13-16H2,1-9H3,(H3-,57,58,59,60,63,64)/p+1. The van der Waals surface area contributed by atoms with Gasteiger partial charge < -0.3 is 30.4 Å². The molecule has 2 aliphatic heterocycles. The number of allylic oxidation sites excluding steroid dienone is 5. The van der Waals surface area contributed by atoms with E-state index in [9.17, 15) is 14.4 Å². The van der Waals surface area contributed by atoms with Gasteiger partial charge in [-0.15, -0.1) is 0 Å². The molecular weight excluding hydrogens is 865 g/mol. The molecule has 0 unspecified atom stereocenters. The highest BCUT2D eigenvalue weighted by Gasteiger charge is 2.40. The van der Waals surface area contributed by atoms with Gasteiger partial charge in [-0.25, -0.2) is 9.37 Å². The first-order valence-electron chi connectivity index (χ1n) is 23.2. The van der Waals surface area contributed by atoms with Gasteiger partial charge in [0.25, 0.3) is 11.8 Å². The predicted molar refractivity (Wildman–Crippen MR) is 278 cm³/mol. The van der Waals surface area contributed by atoms with E-state index in [0.29, 0.717) is 53.7 Å². The number of esters is 1. The van der Waals surface area contributed by atoms with Crippen molar-refractivity contribution >= 4 is 64.7 Å². The van der Waals surface area contributed by atoms with Crippen LogP contribution in [0.3, 0.4) is 0 Å². The maximum Gasteiger partial charge on any atom is 0.338 e. The Morgan fingerprint density at radius 2 is 1.44 bits per heavy atom. The molecule has 5 aliphatic rings. The number of fused-ring (bicyclic) bond motifs is 4. The van der Waals surface area contributed by atoms with Crippen molar-refractivity contribution in [3.05, 3.63) is 159 Å². The number of hydrogen-bond donors (Lipinski definition) is 3. The molecule has 0 aromatic heterocycles. The Labute approximate surface area is 398 Å². The second-order valence-electron chi connectivity index (χ2n) is 19.2. The summed E-state index contributed by atoms with van der Waals surface area (Å²) in [6.45, 7) is 6.81. The molecule has 2 heterocycles. The molecule has 0 bridgehead atoms. The summed E-state index contributed by atoms with van der Waals surface area (Å²) in [6, 6.07) is 29.4. The third-order valence-electron chi connectivity index (χ3n) is 14.0. The fraction of sp³-hybridized carbons (Fsp3) is 0.268. The number of aryl methyl sites for hydroxylation is 1. The van der Waals surface area contributed by atoms with E-state index in [1.807, 2.05) is 105 Å². The molecule has 68 heavy (non-hydrogen) atoms. The zero-order valence-electron chi connectivity index (χ0n) is 40.3. The van der Waals surface area contributed by atoms with Gasteiger partial charge in [0, 0.05) is 84.4 Å². The molecule has 9 rings (SSSR count). The van der Waals surface area contributed by atoms with E-state index in [1.165, 1.54) is 28.6 Å². The Balaban J connectivity index is 0.910. The van der Waals surface area contributed by atoms with Crippen molar-refractivity contribution in [1.82, 2.24) is 15.2 Å². The van der Waals surface area contributed by atoms with Gasteiger partial charge in [-0.1, -0.05) is 37.4 Å². The Morgan fingerprint density at radius 1 is 0.794 bits per heavy atom. The number of carbonyl (C=O) groups excluding carboxylic acids is 3. The van der Waals surface area contributed by atoms with Crippen LogP contribution in [-0.2, 0) is 4.74 Å². The molecule has 11 nitrogen and oxygen atoms in total. The van der Waals surface area contributed by atoms with Gasteiger partial charge in [0.15, 0.2) is 0 Å². The van der Waals surface area contributed by atoms with E-state index in [0.717, 1.165) is 55.7 Å².